The highest BCUT2D eigenvalue weighted by molar-refractivity contribution is 5.73. The molecule has 16 heavy (non-hydrogen) atoms. The van der Waals surface area contributed by atoms with Gasteiger partial charge >= 0.3 is 0 Å². The molecule has 0 bridgehead atoms. The number of nitrogens with one attached hydrogen (secondary N) is 1. The van der Waals surface area contributed by atoms with Crippen molar-refractivity contribution in [3.8, 4) is 0 Å². The van der Waals surface area contributed by atoms with E-state index in [0.29, 0.717) is 0 Å². The third kappa shape index (κ3) is 2.40. The van der Waals surface area contributed by atoms with E-state index in [4.69, 9.17) is 0 Å². The van der Waals surface area contributed by atoms with Gasteiger partial charge in [0.05, 0.1) is 11.7 Å². The van der Waals surface area contributed by atoms with E-state index in [-0.39, 0.29) is 11.9 Å². The molecule has 2 rings (SSSR count). The van der Waals surface area contributed by atoms with Gasteiger partial charge in [0.25, 0.3) is 0 Å². The predicted molar refractivity (Wildman–Crippen MR) is 63.1 cm³/mol. The van der Waals surface area contributed by atoms with Crippen molar-refractivity contribution in [2.24, 2.45) is 0 Å². The molecule has 1 atom stereocenters. The maximum absolute atomic E-state index is 11.0. The molecular formula is C13H18N2O. The van der Waals surface area contributed by atoms with Gasteiger partial charge in [-0.3, -0.25) is 9.78 Å². The molecule has 3 nitrogen and oxygen atoms in total. The first kappa shape index (κ1) is 11.1. The summed E-state index contributed by atoms with van der Waals surface area (Å²) in [6, 6.07) is 4.20. The van der Waals surface area contributed by atoms with E-state index in [1.165, 1.54) is 31.0 Å². The zero-order valence-electron chi connectivity index (χ0n) is 9.92. The highest BCUT2D eigenvalue weighted by Crippen LogP contribution is 2.21. The minimum absolute atomic E-state index is 0.00438. The van der Waals surface area contributed by atoms with Crippen molar-refractivity contribution in [2.45, 2.75) is 45.6 Å². The number of rotatable bonds is 2. The van der Waals surface area contributed by atoms with Gasteiger partial charge in [-0.05, 0) is 44.2 Å². The second-order valence-corrected chi connectivity index (χ2v) is 4.47. The van der Waals surface area contributed by atoms with Crippen LogP contribution < -0.4 is 5.32 Å². The van der Waals surface area contributed by atoms with Gasteiger partial charge in [0.1, 0.15) is 0 Å². The Hall–Kier alpha value is -1.38. The van der Waals surface area contributed by atoms with E-state index >= 15 is 0 Å². The lowest BCUT2D eigenvalue weighted by atomic mass is 9.95. The number of aryl methyl sites for hydroxylation is 2. The number of hydrogen-bond donors (Lipinski definition) is 1. The quantitative estimate of drug-likeness (QED) is 0.826. The van der Waals surface area contributed by atoms with Gasteiger partial charge in [-0.25, -0.2) is 0 Å². The van der Waals surface area contributed by atoms with Crippen LogP contribution in [-0.4, -0.2) is 10.9 Å². The molecule has 1 N–H and O–H groups in total. The lowest BCUT2D eigenvalue weighted by Gasteiger charge is -2.18. The molecule has 0 radical (unpaired) electrons. The molecule has 0 saturated carbocycles. The van der Waals surface area contributed by atoms with Gasteiger partial charge in [0.2, 0.25) is 5.91 Å². The summed E-state index contributed by atoms with van der Waals surface area (Å²) in [5.74, 6) is -0.00739. The Balaban J connectivity index is 2.19. The molecule has 1 aromatic heterocycles. The zero-order valence-corrected chi connectivity index (χ0v) is 9.92. The summed E-state index contributed by atoms with van der Waals surface area (Å²) in [7, 11) is 0. The minimum atomic E-state index is -0.00739. The lowest BCUT2D eigenvalue weighted by molar-refractivity contribution is -0.119. The van der Waals surface area contributed by atoms with Crippen LogP contribution in [0.2, 0.25) is 0 Å². The van der Waals surface area contributed by atoms with E-state index in [0.717, 1.165) is 18.5 Å². The Labute approximate surface area is 96.3 Å². The molecule has 1 aliphatic rings. The lowest BCUT2D eigenvalue weighted by Crippen LogP contribution is -2.25. The van der Waals surface area contributed by atoms with E-state index in [9.17, 15) is 4.79 Å². The summed E-state index contributed by atoms with van der Waals surface area (Å²) in [6.07, 6.45) is 4.74. The average Bonchev–Trinajstić information content (AvgIpc) is 2.27. The van der Waals surface area contributed by atoms with Crippen LogP contribution in [0.15, 0.2) is 12.1 Å². The minimum Gasteiger partial charge on any atom is -0.348 e. The second-order valence-electron chi connectivity index (χ2n) is 4.47. The smallest absolute Gasteiger partial charge is 0.217 e. The fourth-order valence-corrected chi connectivity index (χ4v) is 2.22. The normalized spacial score (nSPS) is 16.4. The highest BCUT2D eigenvalue weighted by atomic mass is 16.1. The van der Waals surface area contributed by atoms with Crippen molar-refractivity contribution in [3.63, 3.8) is 0 Å². The van der Waals surface area contributed by atoms with Crippen LogP contribution in [0.1, 0.15) is 49.7 Å². The topological polar surface area (TPSA) is 42.0 Å². The van der Waals surface area contributed by atoms with Crippen LogP contribution in [-0.2, 0) is 17.6 Å². The number of carbonyl (C=O) groups excluding carboxylic acids is 1. The van der Waals surface area contributed by atoms with Crippen molar-refractivity contribution in [3.05, 3.63) is 29.1 Å². The summed E-state index contributed by atoms with van der Waals surface area (Å²) in [5, 5.41) is 2.86. The summed E-state index contributed by atoms with van der Waals surface area (Å²) < 4.78 is 0. The Morgan fingerprint density at radius 2 is 2.12 bits per heavy atom. The van der Waals surface area contributed by atoms with Gasteiger partial charge in [0, 0.05) is 12.6 Å². The fraction of sp³-hybridized carbons (Fsp3) is 0.538. The number of amides is 1. The van der Waals surface area contributed by atoms with E-state index in [2.05, 4.69) is 16.4 Å². The van der Waals surface area contributed by atoms with Crippen molar-refractivity contribution in [2.75, 3.05) is 0 Å². The van der Waals surface area contributed by atoms with Gasteiger partial charge in [0.15, 0.2) is 0 Å². The number of fused-ring (bicyclic) bond motifs is 1. The molecule has 1 aliphatic carbocycles. The first-order valence-electron chi connectivity index (χ1n) is 5.92. The molecule has 86 valence electrons. The average molecular weight is 218 g/mol. The third-order valence-electron chi connectivity index (χ3n) is 3.06. The molecule has 0 aliphatic heterocycles. The highest BCUT2D eigenvalue weighted by Gasteiger charge is 2.14. The SMILES string of the molecule is CC(=O)N[C@@H](C)c1ccc2c(n1)CCCC2. The Kier molecular flexibility index (Phi) is 3.22. The van der Waals surface area contributed by atoms with Crippen LogP contribution in [0.25, 0.3) is 0 Å². The number of carbonyl (C=O) groups is 1. The second kappa shape index (κ2) is 4.64. The van der Waals surface area contributed by atoms with Crippen LogP contribution in [0.3, 0.4) is 0 Å². The van der Waals surface area contributed by atoms with E-state index in [1.807, 2.05) is 13.0 Å². The van der Waals surface area contributed by atoms with Crippen LogP contribution in [0.5, 0.6) is 0 Å². The number of hydrogen-bond acceptors (Lipinski definition) is 2. The molecule has 1 heterocycles. The van der Waals surface area contributed by atoms with Gasteiger partial charge < -0.3 is 5.32 Å². The standard InChI is InChI=1S/C13H18N2O/c1-9(14-10(2)16)12-8-7-11-5-3-4-6-13(11)15-12/h7-9H,3-6H2,1-2H3,(H,14,16)/t9-/m0/s1. The molecule has 1 amide bonds. The molecule has 3 heteroatoms. The molecule has 0 aromatic carbocycles. The number of pyridine rings is 1. The first-order valence-corrected chi connectivity index (χ1v) is 5.92. The Bertz CT molecular complexity index is 401. The molecule has 0 saturated heterocycles. The van der Waals surface area contributed by atoms with Crippen molar-refractivity contribution < 1.29 is 4.79 Å². The first-order chi connectivity index (χ1) is 7.66. The van der Waals surface area contributed by atoms with Gasteiger partial charge in [-0.2, -0.15) is 0 Å². The molecule has 1 aromatic rings. The van der Waals surface area contributed by atoms with Gasteiger partial charge in [-0.15, -0.1) is 0 Å². The van der Waals surface area contributed by atoms with Crippen molar-refractivity contribution >= 4 is 5.91 Å². The van der Waals surface area contributed by atoms with Crippen LogP contribution >= 0.6 is 0 Å². The molecule has 0 spiro atoms. The monoisotopic (exact) mass is 218 g/mol. The molecule has 0 unspecified atom stereocenters. The summed E-state index contributed by atoms with van der Waals surface area (Å²) in [5.41, 5.74) is 3.57. The predicted octanol–water partition coefficient (Wildman–Crippen LogP) is 2.16. The van der Waals surface area contributed by atoms with E-state index in [1.54, 1.807) is 0 Å². The largest absolute Gasteiger partial charge is 0.348 e. The van der Waals surface area contributed by atoms with Crippen LogP contribution in [0, 0.1) is 0 Å². The van der Waals surface area contributed by atoms with Crippen molar-refractivity contribution in [1.29, 1.82) is 0 Å². The Morgan fingerprint density at radius 3 is 2.88 bits per heavy atom. The molecular weight excluding hydrogens is 200 g/mol. The number of nitrogens with zero attached hydrogens (tertiary/aromatic N) is 1. The maximum atomic E-state index is 11.0. The van der Waals surface area contributed by atoms with Crippen molar-refractivity contribution in [1.82, 2.24) is 10.3 Å². The summed E-state index contributed by atoms with van der Waals surface area (Å²) in [4.78, 5) is 15.6. The maximum Gasteiger partial charge on any atom is 0.217 e. The summed E-state index contributed by atoms with van der Waals surface area (Å²) >= 11 is 0. The Morgan fingerprint density at radius 1 is 1.38 bits per heavy atom. The summed E-state index contributed by atoms with van der Waals surface area (Å²) in [6.45, 7) is 3.51. The number of aromatic nitrogens is 1. The fourth-order valence-electron chi connectivity index (χ4n) is 2.22. The molecule has 0 fully saturated rings. The van der Waals surface area contributed by atoms with E-state index < -0.39 is 0 Å². The van der Waals surface area contributed by atoms with Gasteiger partial charge in [-0.1, -0.05) is 6.07 Å². The zero-order chi connectivity index (χ0) is 11.5. The van der Waals surface area contributed by atoms with Crippen LogP contribution in [0.4, 0.5) is 0 Å². The third-order valence-corrected chi connectivity index (χ3v) is 3.06.